The molecule has 1 heterocycles. The van der Waals surface area contributed by atoms with Crippen molar-refractivity contribution in [3.63, 3.8) is 0 Å². The zero-order valence-corrected chi connectivity index (χ0v) is 7.66. The summed E-state index contributed by atoms with van der Waals surface area (Å²) in [6.45, 7) is 0.741. The maximum Gasteiger partial charge on any atom is 0.225 e. The van der Waals surface area contributed by atoms with E-state index in [1.807, 2.05) is 0 Å². The van der Waals surface area contributed by atoms with Gasteiger partial charge in [0.2, 0.25) is 5.91 Å². The molecule has 1 aliphatic rings. The molecule has 4 heteroatoms. The number of primary amides is 1. The van der Waals surface area contributed by atoms with Gasteiger partial charge in [-0.15, -0.1) is 0 Å². The van der Waals surface area contributed by atoms with Gasteiger partial charge in [0, 0.05) is 12.2 Å². The Bertz CT molecular complexity index is 376. The number of carbonyl (C=O) groups is 1. The first-order valence-electron chi connectivity index (χ1n) is 4.54. The number of hydrogen-bond acceptors (Lipinski definition) is 3. The van der Waals surface area contributed by atoms with Crippen LogP contribution < -0.4 is 11.1 Å². The number of amides is 1. The van der Waals surface area contributed by atoms with Gasteiger partial charge in [-0.2, -0.15) is 0 Å². The van der Waals surface area contributed by atoms with Gasteiger partial charge in [0.25, 0.3) is 0 Å². The smallest absolute Gasteiger partial charge is 0.225 e. The van der Waals surface area contributed by atoms with E-state index >= 15 is 0 Å². The van der Waals surface area contributed by atoms with Gasteiger partial charge in [0.05, 0.1) is 5.92 Å². The van der Waals surface area contributed by atoms with E-state index in [0.29, 0.717) is 6.42 Å². The summed E-state index contributed by atoms with van der Waals surface area (Å²) < 4.78 is 0. The minimum atomic E-state index is -0.335. The summed E-state index contributed by atoms with van der Waals surface area (Å²) >= 11 is 0. The highest BCUT2D eigenvalue weighted by atomic mass is 16.3. The zero-order chi connectivity index (χ0) is 10.1. The number of carbonyl (C=O) groups excluding carboxylic acids is 1. The summed E-state index contributed by atoms with van der Waals surface area (Å²) in [5, 5.41) is 12.5. The fourth-order valence-corrected chi connectivity index (χ4v) is 1.80. The highest BCUT2D eigenvalue weighted by Gasteiger charge is 2.24. The Labute approximate surface area is 81.7 Å². The number of hydrogen-bond donors (Lipinski definition) is 3. The Morgan fingerprint density at radius 2 is 2.36 bits per heavy atom. The van der Waals surface area contributed by atoms with Crippen LogP contribution in [0.25, 0.3) is 0 Å². The van der Waals surface area contributed by atoms with Crippen LogP contribution in [0.1, 0.15) is 17.9 Å². The van der Waals surface area contributed by atoms with Crippen LogP contribution in [0.15, 0.2) is 18.2 Å². The average molecular weight is 192 g/mol. The lowest BCUT2D eigenvalue weighted by Crippen LogP contribution is -2.27. The molecule has 0 aliphatic carbocycles. The van der Waals surface area contributed by atoms with Crippen LogP contribution in [-0.4, -0.2) is 17.6 Å². The first kappa shape index (κ1) is 8.87. The Hall–Kier alpha value is -1.71. The molecule has 4 nitrogen and oxygen atoms in total. The van der Waals surface area contributed by atoms with E-state index in [9.17, 15) is 9.90 Å². The van der Waals surface area contributed by atoms with Gasteiger partial charge in [0.15, 0.2) is 0 Å². The van der Waals surface area contributed by atoms with Crippen molar-refractivity contribution in [3.05, 3.63) is 23.8 Å². The number of anilines is 1. The van der Waals surface area contributed by atoms with Crippen molar-refractivity contribution < 1.29 is 9.90 Å². The van der Waals surface area contributed by atoms with E-state index in [2.05, 4.69) is 5.32 Å². The molecule has 1 amide bonds. The summed E-state index contributed by atoms with van der Waals surface area (Å²) in [4.78, 5) is 11.1. The number of phenolic OH excluding ortho intramolecular Hbond substituents is 1. The molecule has 4 N–H and O–H groups in total. The molecule has 0 bridgehead atoms. The maximum atomic E-state index is 11.1. The molecule has 0 aromatic heterocycles. The third kappa shape index (κ3) is 1.39. The van der Waals surface area contributed by atoms with Crippen LogP contribution in [-0.2, 0) is 4.79 Å². The van der Waals surface area contributed by atoms with Crippen molar-refractivity contribution in [2.45, 2.75) is 12.3 Å². The molecular formula is C10H12N2O2. The normalized spacial score (nSPS) is 19.6. The van der Waals surface area contributed by atoms with E-state index in [4.69, 9.17) is 5.73 Å². The van der Waals surface area contributed by atoms with Crippen LogP contribution in [0.5, 0.6) is 5.75 Å². The molecule has 1 aliphatic heterocycles. The lowest BCUT2D eigenvalue weighted by Gasteiger charge is -2.24. The predicted octanol–water partition coefficient (Wildman–Crippen LogP) is 0.777. The second-order valence-electron chi connectivity index (χ2n) is 3.44. The Morgan fingerprint density at radius 1 is 1.57 bits per heavy atom. The fraction of sp³-hybridized carbons (Fsp3) is 0.300. The number of aromatic hydroxyl groups is 1. The molecule has 14 heavy (non-hydrogen) atoms. The van der Waals surface area contributed by atoms with Gasteiger partial charge in [-0.1, -0.05) is 0 Å². The summed E-state index contributed by atoms with van der Waals surface area (Å²) in [5.74, 6) is -0.449. The van der Waals surface area contributed by atoms with E-state index in [1.165, 1.54) is 0 Å². The molecular weight excluding hydrogens is 180 g/mol. The zero-order valence-electron chi connectivity index (χ0n) is 7.66. The van der Waals surface area contributed by atoms with Crippen LogP contribution in [0, 0.1) is 0 Å². The van der Waals surface area contributed by atoms with Crippen molar-refractivity contribution in [2.24, 2.45) is 5.73 Å². The quantitative estimate of drug-likeness (QED) is 0.575. The summed E-state index contributed by atoms with van der Waals surface area (Å²) in [5.41, 5.74) is 6.97. The van der Waals surface area contributed by atoms with E-state index < -0.39 is 0 Å². The third-order valence-electron chi connectivity index (χ3n) is 2.50. The van der Waals surface area contributed by atoms with Crippen LogP contribution in [0.3, 0.4) is 0 Å². The standard InChI is InChI=1S/C10H12N2O2/c11-10(14)7-3-4-12-9-2-1-6(13)5-8(7)9/h1-2,5,7,12-13H,3-4H2,(H2,11,14). The monoisotopic (exact) mass is 192 g/mol. The molecule has 0 saturated heterocycles. The van der Waals surface area contributed by atoms with Gasteiger partial charge in [-0.25, -0.2) is 0 Å². The Balaban J connectivity index is 2.46. The maximum absolute atomic E-state index is 11.1. The third-order valence-corrected chi connectivity index (χ3v) is 2.50. The van der Waals surface area contributed by atoms with Gasteiger partial charge in [-0.05, 0) is 30.2 Å². The molecule has 74 valence electrons. The molecule has 0 radical (unpaired) electrons. The molecule has 0 saturated carbocycles. The first-order valence-corrected chi connectivity index (χ1v) is 4.54. The minimum Gasteiger partial charge on any atom is -0.508 e. The van der Waals surface area contributed by atoms with Crippen LogP contribution in [0.2, 0.25) is 0 Å². The topological polar surface area (TPSA) is 75.4 Å². The van der Waals surface area contributed by atoms with Crippen molar-refractivity contribution >= 4 is 11.6 Å². The van der Waals surface area contributed by atoms with Crippen LogP contribution >= 0.6 is 0 Å². The van der Waals surface area contributed by atoms with E-state index in [-0.39, 0.29) is 17.6 Å². The number of rotatable bonds is 1. The van der Waals surface area contributed by atoms with Gasteiger partial charge in [0.1, 0.15) is 5.75 Å². The molecule has 1 aromatic carbocycles. The average Bonchev–Trinajstić information content (AvgIpc) is 2.16. The highest BCUT2D eigenvalue weighted by Crippen LogP contribution is 2.33. The lowest BCUT2D eigenvalue weighted by atomic mass is 9.90. The molecule has 0 fully saturated rings. The Kier molecular flexibility index (Phi) is 2.04. The minimum absolute atomic E-state index is 0.165. The van der Waals surface area contributed by atoms with Crippen molar-refractivity contribution in [3.8, 4) is 5.75 Å². The largest absolute Gasteiger partial charge is 0.508 e. The fourth-order valence-electron chi connectivity index (χ4n) is 1.80. The van der Waals surface area contributed by atoms with Crippen molar-refractivity contribution in [1.29, 1.82) is 0 Å². The number of benzene rings is 1. The first-order chi connectivity index (χ1) is 6.68. The highest BCUT2D eigenvalue weighted by molar-refractivity contribution is 5.85. The number of nitrogens with two attached hydrogens (primary N) is 1. The number of phenols is 1. The molecule has 1 aromatic rings. The second kappa shape index (κ2) is 3.21. The number of nitrogens with one attached hydrogen (secondary N) is 1. The summed E-state index contributed by atoms with van der Waals surface area (Å²) in [6, 6.07) is 4.95. The number of fused-ring (bicyclic) bond motifs is 1. The molecule has 1 atom stereocenters. The van der Waals surface area contributed by atoms with Gasteiger partial charge < -0.3 is 16.2 Å². The predicted molar refractivity (Wildman–Crippen MR) is 53.1 cm³/mol. The Morgan fingerprint density at radius 3 is 3.07 bits per heavy atom. The molecule has 0 spiro atoms. The van der Waals surface area contributed by atoms with Crippen molar-refractivity contribution in [2.75, 3.05) is 11.9 Å². The summed E-state index contributed by atoms with van der Waals surface area (Å²) in [6.07, 6.45) is 0.686. The van der Waals surface area contributed by atoms with E-state index in [0.717, 1.165) is 17.8 Å². The second-order valence-corrected chi connectivity index (χ2v) is 3.44. The lowest BCUT2D eigenvalue weighted by molar-refractivity contribution is -0.119. The van der Waals surface area contributed by atoms with Crippen molar-refractivity contribution in [1.82, 2.24) is 0 Å². The van der Waals surface area contributed by atoms with Crippen LogP contribution in [0.4, 0.5) is 5.69 Å². The summed E-state index contributed by atoms with van der Waals surface area (Å²) in [7, 11) is 0. The SMILES string of the molecule is NC(=O)C1CCNc2ccc(O)cc21. The molecule has 2 rings (SSSR count). The molecule has 1 unspecified atom stereocenters. The van der Waals surface area contributed by atoms with E-state index in [1.54, 1.807) is 18.2 Å². The van der Waals surface area contributed by atoms with Gasteiger partial charge >= 0.3 is 0 Å². The van der Waals surface area contributed by atoms with Gasteiger partial charge in [-0.3, -0.25) is 4.79 Å².